The number of esters is 2. The van der Waals surface area contributed by atoms with E-state index in [-0.39, 0.29) is 29.7 Å². The first-order valence-corrected chi connectivity index (χ1v) is 8.76. The van der Waals surface area contributed by atoms with Crippen molar-refractivity contribution in [2.45, 2.75) is 24.3 Å². The third kappa shape index (κ3) is 3.21. The molecule has 0 aromatic rings. The molecule has 0 amide bonds. The molecule has 3 atom stereocenters. The number of carbonyl (C=O) groups excluding carboxylic acids is 2. The van der Waals surface area contributed by atoms with Crippen LogP contribution in [-0.4, -0.2) is 41.7 Å². The molecule has 19 heavy (non-hydrogen) atoms. The Bertz CT molecular complexity index is 342. The maximum absolute atomic E-state index is 12.1. The van der Waals surface area contributed by atoms with Crippen LogP contribution in [0.15, 0.2) is 0 Å². The van der Waals surface area contributed by atoms with E-state index in [0.29, 0.717) is 11.2 Å². The molecule has 0 aromatic heterocycles. The van der Waals surface area contributed by atoms with Gasteiger partial charge in [0.15, 0.2) is 0 Å². The van der Waals surface area contributed by atoms with E-state index in [0.717, 1.165) is 24.3 Å². The Morgan fingerprint density at radius 2 is 1.68 bits per heavy atom. The van der Waals surface area contributed by atoms with E-state index >= 15 is 0 Å². The van der Waals surface area contributed by atoms with Gasteiger partial charge in [0.25, 0.3) is 0 Å². The lowest BCUT2D eigenvalue weighted by atomic mass is 9.91. The Kier molecular flexibility index (Phi) is 5.45. The lowest BCUT2D eigenvalue weighted by Gasteiger charge is -2.26. The monoisotopic (exact) mass is 304 g/mol. The van der Waals surface area contributed by atoms with Crippen molar-refractivity contribution in [1.29, 1.82) is 0 Å². The summed E-state index contributed by atoms with van der Waals surface area (Å²) in [5, 5.41) is 0. The summed E-state index contributed by atoms with van der Waals surface area (Å²) in [5.41, 5.74) is 0. The molecular formula is C13H20O4S2. The van der Waals surface area contributed by atoms with E-state index in [1.54, 1.807) is 0 Å². The van der Waals surface area contributed by atoms with Gasteiger partial charge >= 0.3 is 11.9 Å². The zero-order chi connectivity index (χ0) is 13.8. The molecule has 1 aliphatic carbocycles. The number of ether oxygens (including phenoxy) is 2. The normalized spacial score (nSPS) is 31.4. The number of hydrogen-bond acceptors (Lipinski definition) is 6. The van der Waals surface area contributed by atoms with Crippen molar-refractivity contribution >= 4 is 35.5 Å². The Labute approximate surface area is 122 Å². The molecule has 0 spiro atoms. The summed E-state index contributed by atoms with van der Waals surface area (Å²) in [6.07, 6.45) is 1.47. The zero-order valence-corrected chi connectivity index (χ0v) is 12.9. The molecule has 1 saturated heterocycles. The maximum Gasteiger partial charge on any atom is 0.309 e. The number of rotatable bonds is 4. The Morgan fingerprint density at radius 3 is 2.21 bits per heavy atom. The van der Waals surface area contributed by atoms with E-state index in [1.165, 1.54) is 7.11 Å². The summed E-state index contributed by atoms with van der Waals surface area (Å²) in [6, 6.07) is 0. The van der Waals surface area contributed by atoms with Crippen molar-refractivity contribution in [3.63, 3.8) is 0 Å². The highest BCUT2D eigenvalue weighted by Gasteiger charge is 2.49. The van der Waals surface area contributed by atoms with Crippen LogP contribution < -0.4 is 0 Å². The van der Waals surface area contributed by atoms with E-state index in [9.17, 15) is 9.59 Å². The molecule has 0 bridgehead atoms. The van der Waals surface area contributed by atoms with E-state index in [2.05, 4.69) is 0 Å². The smallest absolute Gasteiger partial charge is 0.309 e. The van der Waals surface area contributed by atoms with Crippen LogP contribution in [0.1, 0.15) is 19.8 Å². The van der Waals surface area contributed by atoms with Gasteiger partial charge in [0, 0.05) is 17.4 Å². The molecule has 1 heterocycles. The summed E-state index contributed by atoms with van der Waals surface area (Å²) in [5.74, 6) is 1.63. The highest BCUT2D eigenvalue weighted by atomic mass is 32.2. The van der Waals surface area contributed by atoms with Crippen molar-refractivity contribution < 1.29 is 19.1 Å². The van der Waals surface area contributed by atoms with Crippen molar-refractivity contribution in [2.24, 2.45) is 17.8 Å². The zero-order valence-electron chi connectivity index (χ0n) is 11.3. The fourth-order valence-corrected chi connectivity index (χ4v) is 6.35. The molecule has 0 N–H and O–H groups in total. The topological polar surface area (TPSA) is 52.6 Å². The summed E-state index contributed by atoms with van der Waals surface area (Å²) < 4.78 is 10.4. The van der Waals surface area contributed by atoms with Crippen LogP contribution in [0.4, 0.5) is 0 Å². The second-order valence-electron chi connectivity index (χ2n) is 4.75. The van der Waals surface area contributed by atoms with E-state index < -0.39 is 0 Å². The van der Waals surface area contributed by atoms with E-state index in [1.807, 2.05) is 30.4 Å². The molecule has 4 nitrogen and oxygen atoms in total. The summed E-state index contributed by atoms with van der Waals surface area (Å²) in [6.45, 7) is 2.22. The molecule has 0 aromatic carbocycles. The minimum atomic E-state index is -0.176. The average molecular weight is 304 g/mol. The molecule has 0 radical (unpaired) electrons. The van der Waals surface area contributed by atoms with Gasteiger partial charge in [-0.15, -0.1) is 23.5 Å². The third-order valence-corrected chi connectivity index (χ3v) is 7.01. The van der Waals surface area contributed by atoms with Gasteiger partial charge in [0.1, 0.15) is 0 Å². The molecule has 1 saturated carbocycles. The lowest BCUT2D eigenvalue weighted by molar-refractivity contribution is -0.151. The van der Waals surface area contributed by atoms with Crippen molar-refractivity contribution in [3.05, 3.63) is 0 Å². The van der Waals surface area contributed by atoms with Gasteiger partial charge in [-0.25, -0.2) is 0 Å². The van der Waals surface area contributed by atoms with Gasteiger partial charge < -0.3 is 9.47 Å². The predicted molar refractivity (Wildman–Crippen MR) is 77.1 cm³/mol. The number of thioether (sulfide) groups is 2. The molecule has 1 aliphatic heterocycles. The van der Waals surface area contributed by atoms with Crippen LogP contribution in [0.3, 0.4) is 0 Å². The van der Waals surface area contributed by atoms with Crippen LogP contribution in [-0.2, 0) is 19.1 Å². The fourth-order valence-electron chi connectivity index (χ4n) is 2.95. The molecule has 0 unspecified atom stereocenters. The minimum Gasteiger partial charge on any atom is -0.469 e. The molecule has 2 rings (SSSR count). The van der Waals surface area contributed by atoms with Gasteiger partial charge in [0.05, 0.1) is 30.1 Å². The summed E-state index contributed by atoms with van der Waals surface area (Å²) >= 11 is 3.72. The maximum atomic E-state index is 12.1. The minimum absolute atomic E-state index is 0.0593. The second kappa shape index (κ2) is 6.88. The first-order chi connectivity index (χ1) is 9.19. The van der Waals surface area contributed by atoms with Crippen molar-refractivity contribution in [1.82, 2.24) is 0 Å². The van der Waals surface area contributed by atoms with Gasteiger partial charge in [-0.2, -0.15) is 0 Å². The molecular weight excluding hydrogens is 284 g/mol. The van der Waals surface area contributed by atoms with Crippen LogP contribution in [0.2, 0.25) is 0 Å². The molecule has 108 valence electrons. The number of methoxy groups -OCH3 is 1. The first kappa shape index (κ1) is 15.0. The highest BCUT2D eigenvalue weighted by molar-refractivity contribution is 8.20. The van der Waals surface area contributed by atoms with Crippen LogP contribution >= 0.6 is 23.5 Å². The van der Waals surface area contributed by atoms with E-state index in [4.69, 9.17) is 9.47 Å². The van der Waals surface area contributed by atoms with Gasteiger partial charge in [-0.05, 0) is 19.8 Å². The quantitative estimate of drug-likeness (QED) is 0.742. The molecule has 2 fully saturated rings. The van der Waals surface area contributed by atoms with Crippen LogP contribution in [0, 0.1) is 17.8 Å². The Balaban J connectivity index is 2.14. The Morgan fingerprint density at radius 1 is 1.11 bits per heavy atom. The van der Waals surface area contributed by atoms with Gasteiger partial charge in [-0.1, -0.05) is 0 Å². The summed E-state index contributed by atoms with van der Waals surface area (Å²) in [4.78, 5) is 24.0. The predicted octanol–water partition coefficient (Wildman–Crippen LogP) is 2.17. The van der Waals surface area contributed by atoms with Crippen molar-refractivity contribution in [3.8, 4) is 0 Å². The Hall–Kier alpha value is -0.360. The third-order valence-electron chi connectivity index (χ3n) is 3.77. The number of hydrogen-bond donors (Lipinski definition) is 0. The SMILES string of the molecule is CCOC(=O)[C@H]1CC[C@@H](C(=O)OC)[C@H]1C1SCCS1. The van der Waals surface area contributed by atoms with Gasteiger partial charge in [-0.3, -0.25) is 9.59 Å². The number of carbonyl (C=O) groups is 2. The second-order valence-corrected chi connectivity index (χ2v) is 7.55. The molecule has 6 heteroatoms. The average Bonchev–Trinajstić information content (AvgIpc) is 3.06. The van der Waals surface area contributed by atoms with Gasteiger partial charge in [0.2, 0.25) is 0 Å². The standard InChI is InChI=1S/C13H20O4S2/c1-3-17-12(15)9-5-4-8(11(14)16-2)10(9)13-18-6-7-19-13/h8-10,13H,3-7H2,1-2H3/t8-,9+,10-/m1/s1. The summed E-state index contributed by atoms with van der Waals surface area (Å²) in [7, 11) is 1.42. The highest BCUT2D eigenvalue weighted by Crippen LogP contribution is 2.50. The van der Waals surface area contributed by atoms with Crippen LogP contribution in [0.5, 0.6) is 0 Å². The largest absolute Gasteiger partial charge is 0.469 e. The van der Waals surface area contributed by atoms with Crippen LogP contribution in [0.25, 0.3) is 0 Å². The lowest BCUT2D eigenvalue weighted by Crippen LogP contribution is -2.33. The van der Waals surface area contributed by atoms with Crippen molar-refractivity contribution in [2.75, 3.05) is 25.2 Å². The first-order valence-electron chi connectivity index (χ1n) is 6.66. The fraction of sp³-hybridized carbons (Fsp3) is 0.846. The molecule has 2 aliphatic rings.